The first kappa shape index (κ1) is 12.3. The Bertz CT molecular complexity index is 492. The number of nitrogens with zero attached hydrogens (tertiary/aromatic N) is 1. The minimum absolute atomic E-state index is 0.00479. The Balaban J connectivity index is 2.23. The molecule has 0 unspecified atom stereocenters. The molecule has 0 radical (unpaired) electrons. The number of hydrogen-bond donors (Lipinski definition) is 0. The lowest BCUT2D eigenvalue weighted by Gasteiger charge is -1.99. The molecule has 88 valence electrons. The van der Waals surface area contributed by atoms with Crippen molar-refractivity contribution in [2.75, 3.05) is 13.4 Å². The van der Waals surface area contributed by atoms with Gasteiger partial charge in [0.2, 0.25) is 5.12 Å². The van der Waals surface area contributed by atoms with Crippen LogP contribution in [0.3, 0.4) is 0 Å². The zero-order valence-corrected chi connectivity index (χ0v) is 11.1. The molecule has 17 heavy (non-hydrogen) atoms. The molecule has 0 saturated carbocycles. The molecule has 0 atom stereocenters. The van der Waals surface area contributed by atoms with Crippen LogP contribution in [0.25, 0.3) is 6.08 Å². The van der Waals surface area contributed by atoms with Gasteiger partial charge in [0.15, 0.2) is 0 Å². The van der Waals surface area contributed by atoms with Gasteiger partial charge in [-0.2, -0.15) is 0 Å². The third kappa shape index (κ3) is 2.92. The van der Waals surface area contributed by atoms with E-state index in [2.05, 4.69) is 4.99 Å². The Labute approximate surface area is 108 Å². The van der Waals surface area contributed by atoms with Crippen molar-refractivity contribution in [3.05, 3.63) is 35.5 Å². The van der Waals surface area contributed by atoms with E-state index in [9.17, 15) is 4.79 Å². The standard InChI is InChI=1S/C12H11NO2S2/c1-15-9-5-3-8(4-6-9)7-10-11(14)17-12(13-10)16-2/h3-7H,1-2H3/b10-7-. The van der Waals surface area contributed by atoms with Gasteiger partial charge < -0.3 is 4.74 Å². The summed E-state index contributed by atoms with van der Waals surface area (Å²) in [4.78, 5) is 15.9. The lowest BCUT2D eigenvalue weighted by molar-refractivity contribution is -0.107. The van der Waals surface area contributed by atoms with Crippen LogP contribution in [-0.2, 0) is 4.79 Å². The highest BCUT2D eigenvalue weighted by atomic mass is 32.2. The van der Waals surface area contributed by atoms with Gasteiger partial charge in [0.1, 0.15) is 15.8 Å². The van der Waals surface area contributed by atoms with E-state index in [1.807, 2.05) is 30.5 Å². The maximum Gasteiger partial charge on any atom is 0.244 e. The van der Waals surface area contributed by atoms with Gasteiger partial charge in [-0.1, -0.05) is 12.1 Å². The lowest BCUT2D eigenvalue weighted by atomic mass is 10.2. The van der Waals surface area contributed by atoms with Crippen molar-refractivity contribution in [2.45, 2.75) is 0 Å². The third-order valence-corrected chi connectivity index (χ3v) is 4.05. The van der Waals surface area contributed by atoms with Gasteiger partial charge in [0.25, 0.3) is 0 Å². The zero-order chi connectivity index (χ0) is 12.3. The van der Waals surface area contributed by atoms with Crippen molar-refractivity contribution < 1.29 is 9.53 Å². The number of carbonyl (C=O) groups excluding carboxylic acids is 1. The Kier molecular flexibility index (Phi) is 3.91. The number of benzene rings is 1. The first-order chi connectivity index (χ1) is 8.22. The summed E-state index contributed by atoms with van der Waals surface area (Å²) in [7, 11) is 1.62. The molecule has 3 nitrogen and oxygen atoms in total. The van der Waals surface area contributed by atoms with Gasteiger partial charge in [-0.25, -0.2) is 4.99 Å². The third-order valence-electron chi connectivity index (χ3n) is 2.19. The summed E-state index contributed by atoms with van der Waals surface area (Å²) in [6.07, 6.45) is 3.70. The van der Waals surface area contributed by atoms with Crippen LogP contribution < -0.4 is 4.74 Å². The Morgan fingerprint density at radius 1 is 1.35 bits per heavy atom. The molecule has 0 N–H and O–H groups in total. The van der Waals surface area contributed by atoms with E-state index in [0.29, 0.717) is 5.70 Å². The molecule has 0 spiro atoms. The summed E-state index contributed by atoms with van der Waals surface area (Å²) < 4.78 is 5.87. The fraction of sp³-hybridized carbons (Fsp3) is 0.167. The molecule has 0 aliphatic carbocycles. The maximum atomic E-state index is 11.6. The largest absolute Gasteiger partial charge is 0.497 e. The predicted octanol–water partition coefficient (Wildman–Crippen LogP) is 3.03. The number of rotatable bonds is 2. The molecule has 1 aromatic rings. The zero-order valence-electron chi connectivity index (χ0n) is 9.47. The highest BCUT2D eigenvalue weighted by Crippen LogP contribution is 2.29. The number of ether oxygens (including phenoxy) is 1. The van der Waals surface area contributed by atoms with Crippen molar-refractivity contribution in [2.24, 2.45) is 4.99 Å². The average Bonchev–Trinajstić information content (AvgIpc) is 2.71. The minimum Gasteiger partial charge on any atom is -0.497 e. The number of carbonyl (C=O) groups is 1. The molecule has 1 aromatic carbocycles. The van der Waals surface area contributed by atoms with Gasteiger partial charge in [-0.15, -0.1) is 11.8 Å². The van der Waals surface area contributed by atoms with E-state index in [4.69, 9.17) is 4.74 Å². The normalized spacial score (nSPS) is 17.4. The summed E-state index contributed by atoms with van der Waals surface area (Å²) in [5.41, 5.74) is 1.45. The number of thioether (sulfide) groups is 2. The molecule has 5 heteroatoms. The topological polar surface area (TPSA) is 38.7 Å². The monoisotopic (exact) mass is 265 g/mol. The van der Waals surface area contributed by atoms with Gasteiger partial charge in [0, 0.05) is 0 Å². The van der Waals surface area contributed by atoms with E-state index in [1.165, 1.54) is 23.5 Å². The molecule has 0 saturated heterocycles. The van der Waals surface area contributed by atoms with Crippen molar-refractivity contribution in [3.63, 3.8) is 0 Å². The average molecular weight is 265 g/mol. The number of methoxy groups -OCH3 is 1. The predicted molar refractivity (Wildman–Crippen MR) is 74.5 cm³/mol. The molecular formula is C12H11NO2S2. The van der Waals surface area contributed by atoms with Crippen LogP contribution in [0, 0.1) is 0 Å². The fourth-order valence-electron chi connectivity index (χ4n) is 1.33. The molecule has 1 aliphatic rings. The van der Waals surface area contributed by atoms with Gasteiger partial charge in [-0.05, 0) is 41.8 Å². The van der Waals surface area contributed by atoms with Crippen LogP contribution in [0.1, 0.15) is 5.56 Å². The Hall–Kier alpha value is -1.20. The van der Waals surface area contributed by atoms with Crippen LogP contribution in [0.15, 0.2) is 35.0 Å². The van der Waals surface area contributed by atoms with Gasteiger partial charge in [0.05, 0.1) is 7.11 Å². The summed E-state index contributed by atoms with van der Waals surface area (Å²) >= 11 is 2.67. The molecule has 0 aromatic heterocycles. The highest BCUT2D eigenvalue weighted by molar-refractivity contribution is 8.45. The summed E-state index contributed by atoms with van der Waals surface area (Å²) in [5.74, 6) is 0.799. The van der Waals surface area contributed by atoms with Gasteiger partial charge in [-0.3, -0.25) is 4.79 Å². The van der Waals surface area contributed by atoms with Crippen LogP contribution in [0.5, 0.6) is 5.75 Å². The summed E-state index contributed by atoms with van der Waals surface area (Å²) in [6, 6.07) is 7.52. The van der Waals surface area contributed by atoms with Crippen LogP contribution in [0.2, 0.25) is 0 Å². The van der Waals surface area contributed by atoms with Crippen LogP contribution in [0.4, 0.5) is 0 Å². The SMILES string of the molecule is COc1ccc(/C=C2\N=C(SC)SC2=O)cc1. The second-order valence-electron chi connectivity index (χ2n) is 3.27. The van der Waals surface area contributed by atoms with E-state index < -0.39 is 0 Å². The highest BCUT2D eigenvalue weighted by Gasteiger charge is 2.21. The van der Waals surface area contributed by atoms with Crippen molar-refractivity contribution >= 4 is 39.1 Å². The first-order valence-electron chi connectivity index (χ1n) is 4.93. The molecule has 1 aliphatic heterocycles. The quantitative estimate of drug-likeness (QED) is 0.770. The maximum absolute atomic E-state index is 11.6. The van der Waals surface area contributed by atoms with E-state index in [0.717, 1.165) is 15.7 Å². The first-order valence-corrected chi connectivity index (χ1v) is 6.97. The van der Waals surface area contributed by atoms with Gasteiger partial charge >= 0.3 is 0 Å². The molecule has 0 bridgehead atoms. The number of aliphatic imine (C=N–C) groups is 1. The molecule has 1 heterocycles. The van der Waals surface area contributed by atoms with E-state index in [-0.39, 0.29) is 5.12 Å². The Morgan fingerprint density at radius 2 is 2.06 bits per heavy atom. The fourth-order valence-corrected chi connectivity index (χ4v) is 2.60. The summed E-state index contributed by atoms with van der Waals surface area (Å²) in [5, 5.41) is 0.00479. The summed E-state index contributed by atoms with van der Waals surface area (Å²) in [6.45, 7) is 0. The minimum atomic E-state index is 0.00479. The second-order valence-corrected chi connectivity index (χ2v) is 5.29. The van der Waals surface area contributed by atoms with Crippen molar-refractivity contribution in [3.8, 4) is 5.75 Å². The molecule has 2 rings (SSSR count). The van der Waals surface area contributed by atoms with Crippen molar-refractivity contribution in [1.82, 2.24) is 0 Å². The smallest absolute Gasteiger partial charge is 0.244 e. The molecule has 0 amide bonds. The van der Waals surface area contributed by atoms with Crippen molar-refractivity contribution in [1.29, 1.82) is 0 Å². The van der Waals surface area contributed by atoms with E-state index >= 15 is 0 Å². The van der Waals surface area contributed by atoms with E-state index in [1.54, 1.807) is 13.2 Å². The lowest BCUT2D eigenvalue weighted by Crippen LogP contribution is -1.88. The van der Waals surface area contributed by atoms with Crippen LogP contribution in [-0.4, -0.2) is 22.9 Å². The number of hydrogen-bond acceptors (Lipinski definition) is 5. The molecular weight excluding hydrogens is 254 g/mol. The van der Waals surface area contributed by atoms with Crippen LogP contribution >= 0.6 is 23.5 Å². The second kappa shape index (κ2) is 5.42. The Morgan fingerprint density at radius 3 is 2.59 bits per heavy atom. The molecule has 0 fully saturated rings.